The molecule has 1 aliphatic rings. The highest BCUT2D eigenvalue weighted by atomic mass is 16.2. The highest BCUT2D eigenvalue weighted by Crippen LogP contribution is 2.16. The van der Waals surface area contributed by atoms with Crippen LogP contribution in [0.2, 0.25) is 0 Å². The molecule has 1 aromatic carbocycles. The van der Waals surface area contributed by atoms with Crippen LogP contribution >= 0.6 is 0 Å². The van der Waals surface area contributed by atoms with Crippen molar-refractivity contribution >= 4 is 11.6 Å². The Bertz CT molecular complexity index is 1020. The third-order valence-corrected chi connectivity index (χ3v) is 4.93. The molecule has 1 saturated heterocycles. The SMILES string of the molecule is Cc1ccc(-c2ncc(C(=O)N3CCN(c4cccnc4)CC3)c(=O)[nH]2)cc1. The maximum absolute atomic E-state index is 12.8. The molecule has 2 aromatic heterocycles. The number of nitrogens with zero attached hydrogens (tertiary/aromatic N) is 4. The van der Waals surface area contributed by atoms with E-state index in [1.54, 1.807) is 11.1 Å². The molecular formula is C21H21N5O2. The molecule has 7 heteroatoms. The number of benzene rings is 1. The lowest BCUT2D eigenvalue weighted by molar-refractivity contribution is 0.0744. The minimum Gasteiger partial charge on any atom is -0.367 e. The van der Waals surface area contributed by atoms with Gasteiger partial charge in [0.05, 0.1) is 11.9 Å². The largest absolute Gasteiger partial charge is 0.367 e. The van der Waals surface area contributed by atoms with E-state index in [-0.39, 0.29) is 11.5 Å². The summed E-state index contributed by atoms with van der Waals surface area (Å²) in [5, 5.41) is 0. The van der Waals surface area contributed by atoms with Crippen molar-refractivity contribution in [2.24, 2.45) is 0 Å². The first kappa shape index (κ1) is 17.9. The second-order valence-electron chi connectivity index (χ2n) is 6.83. The zero-order valence-corrected chi connectivity index (χ0v) is 15.6. The summed E-state index contributed by atoms with van der Waals surface area (Å²) in [6, 6.07) is 11.6. The van der Waals surface area contributed by atoms with Crippen molar-refractivity contribution in [3.63, 3.8) is 0 Å². The number of anilines is 1. The van der Waals surface area contributed by atoms with Gasteiger partial charge in [-0.25, -0.2) is 4.98 Å². The Morgan fingerprint density at radius 1 is 1.04 bits per heavy atom. The van der Waals surface area contributed by atoms with E-state index in [4.69, 9.17) is 0 Å². The lowest BCUT2D eigenvalue weighted by atomic mass is 10.1. The molecule has 0 saturated carbocycles. The number of hydrogen-bond donors (Lipinski definition) is 1. The number of aromatic nitrogens is 3. The summed E-state index contributed by atoms with van der Waals surface area (Å²) in [6.45, 7) is 4.49. The Kier molecular flexibility index (Phi) is 4.89. The number of carbonyl (C=O) groups excluding carboxylic acids is 1. The van der Waals surface area contributed by atoms with E-state index in [1.165, 1.54) is 6.20 Å². The molecule has 3 heterocycles. The fraction of sp³-hybridized carbons (Fsp3) is 0.238. The number of aryl methyl sites for hydroxylation is 1. The van der Waals surface area contributed by atoms with Gasteiger partial charge in [-0.15, -0.1) is 0 Å². The van der Waals surface area contributed by atoms with Gasteiger partial charge in [-0.3, -0.25) is 14.6 Å². The number of piperazine rings is 1. The quantitative estimate of drug-likeness (QED) is 0.758. The standard InChI is InChI=1S/C21H21N5O2/c1-15-4-6-16(7-5-15)19-23-14-18(20(27)24-19)21(28)26-11-9-25(10-12-26)17-3-2-8-22-13-17/h2-8,13-14H,9-12H2,1H3,(H,23,24,27). The zero-order chi connectivity index (χ0) is 19.5. The molecular weight excluding hydrogens is 354 g/mol. The van der Waals surface area contributed by atoms with Crippen LogP contribution in [-0.2, 0) is 0 Å². The lowest BCUT2D eigenvalue weighted by Gasteiger charge is -2.35. The second-order valence-corrected chi connectivity index (χ2v) is 6.83. The lowest BCUT2D eigenvalue weighted by Crippen LogP contribution is -2.49. The maximum atomic E-state index is 12.8. The van der Waals surface area contributed by atoms with Crippen molar-refractivity contribution < 1.29 is 4.79 Å². The van der Waals surface area contributed by atoms with E-state index in [1.807, 2.05) is 49.5 Å². The average molecular weight is 375 g/mol. The number of aromatic amines is 1. The van der Waals surface area contributed by atoms with Crippen LogP contribution in [0.15, 0.2) is 59.8 Å². The highest BCUT2D eigenvalue weighted by Gasteiger charge is 2.24. The van der Waals surface area contributed by atoms with Gasteiger partial charge >= 0.3 is 0 Å². The van der Waals surface area contributed by atoms with E-state index in [0.717, 1.165) is 16.8 Å². The molecule has 1 fully saturated rings. The first-order chi connectivity index (χ1) is 13.6. The number of H-pyrrole nitrogens is 1. The zero-order valence-electron chi connectivity index (χ0n) is 15.6. The maximum Gasteiger partial charge on any atom is 0.264 e. The van der Waals surface area contributed by atoms with E-state index in [0.29, 0.717) is 32.0 Å². The summed E-state index contributed by atoms with van der Waals surface area (Å²) in [6.07, 6.45) is 4.93. The highest BCUT2D eigenvalue weighted by molar-refractivity contribution is 5.93. The van der Waals surface area contributed by atoms with Gasteiger partial charge in [0.1, 0.15) is 11.4 Å². The normalized spacial score (nSPS) is 14.2. The monoisotopic (exact) mass is 375 g/mol. The van der Waals surface area contributed by atoms with Crippen LogP contribution in [0.25, 0.3) is 11.4 Å². The predicted molar refractivity (Wildman–Crippen MR) is 107 cm³/mol. The molecule has 0 spiro atoms. The molecule has 0 bridgehead atoms. The summed E-state index contributed by atoms with van der Waals surface area (Å²) >= 11 is 0. The van der Waals surface area contributed by atoms with Gasteiger partial charge in [0, 0.05) is 44.1 Å². The van der Waals surface area contributed by atoms with Gasteiger partial charge in [0.2, 0.25) is 0 Å². The Hall–Kier alpha value is -3.48. The summed E-state index contributed by atoms with van der Waals surface area (Å²) in [7, 11) is 0. The summed E-state index contributed by atoms with van der Waals surface area (Å²) in [4.78, 5) is 40.3. The van der Waals surface area contributed by atoms with Crippen molar-refractivity contribution in [1.29, 1.82) is 0 Å². The van der Waals surface area contributed by atoms with Crippen molar-refractivity contribution in [3.05, 3.63) is 76.5 Å². The van der Waals surface area contributed by atoms with Crippen molar-refractivity contribution in [1.82, 2.24) is 19.9 Å². The smallest absolute Gasteiger partial charge is 0.264 e. The van der Waals surface area contributed by atoms with E-state index in [9.17, 15) is 9.59 Å². The van der Waals surface area contributed by atoms with Crippen molar-refractivity contribution in [2.75, 3.05) is 31.1 Å². The molecule has 1 amide bonds. The Morgan fingerprint density at radius 3 is 2.43 bits per heavy atom. The van der Waals surface area contributed by atoms with E-state index >= 15 is 0 Å². The molecule has 1 aliphatic heterocycles. The number of pyridine rings is 1. The molecule has 1 N–H and O–H groups in total. The van der Waals surface area contributed by atoms with Gasteiger partial charge in [0.25, 0.3) is 11.5 Å². The van der Waals surface area contributed by atoms with Crippen LogP contribution in [0.3, 0.4) is 0 Å². The third kappa shape index (κ3) is 3.64. The molecule has 3 aromatic rings. The molecule has 7 nitrogen and oxygen atoms in total. The summed E-state index contributed by atoms with van der Waals surface area (Å²) in [5.74, 6) is 0.179. The number of rotatable bonds is 3. The number of hydrogen-bond acceptors (Lipinski definition) is 5. The predicted octanol–water partition coefficient (Wildman–Crippen LogP) is 2.10. The van der Waals surface area contributed by atoms with Gasteiger partial charge in [-0.05, 0) is 19.1 Å². The van der Waals surface area contributed by atoms with Crippen molar-refractivity contribution in [2.45, 2.75) is 6.92 Å². The molecule has 4 rings (SSSR count). The number of carbonyl (C=O) groups is 1. The Labute approximate surface area is 162 Å². The van der Waals surface area contributed by atoms with Crippen LogP contribution in [0, 0.1) is 6.92 Å². The second kappa shape index (κ2) is 7.64. The van der Waals surface area contributed by atoms with Crippen LogP contribution in [0.1, 0.15) is 15.9 Å². The summed E-state index contributed by atoms with van der Waals surface area (Å²) in [5.41, 5.74) is 2.64. The third-order valence-electron chi connectivity index (χ3n) is 4.93. The van der Waals surface area contributed by atoms with E-state index in [2.05, 4.69) is 19.9 Å². The Morgan fingerprint density at radius 2 is 1.79 bits per heavy atom. The number of amides is 1. The first-order valence-corrected chi connectivity index (χ1v) is 9.22. The first-order valence-electron chi connectivity index (χ1n) is 9.22. The van der Waals surface area contributed by atoms with Crippen molar-refractivity contribution in [3.8, 4) is 11.4 Å². The molecule has 0 unspecified atom stereocenters. The van der Waals surface area contributed by atoms with Crippen LogP contribution < -0.4 is 10.5 Å². The Balaban J connectivity index is 1.47. The molecule has 28 heavy (non-hydrogen) atoms. The van der Waals surface area contributed by atoms with Crippen LogP contribution in [0.4, 0.5) is 5.69 Å². The van der Waals surface area contributed by atoms with Crippen LogP contribution in [-0.4, -0.2) is 51.9 Å². The molecule has 0 aliphatic carbocycles. The van der Waals surface area contributed by atoms with Crippen LogP contribution in [0.5, 0.6) is 0 Å². The summed E-state index contributed by atoms with van der Waals surface area (Å²) < 4.78 is 0. The fourth-order valence-corrected chi connectivity index (χ4v) is 3.28. The van der Waals surface area contributed by atoms with E-state index < -0.39 is 5.56 Å². The average Bonchev–Trinajstić information content (AvgIpc) is 2.74. The number of nitrogens with one attached hydrogen (secondary N) is 1. The molecule has 0 atom stereocenters. The van der Waals surface area contributed by atoms with Gasteiger partial charge < -0.3 is 14.8 Å². The minimum absolute atomic E-state index is 0.0747. The molecule has 0 radical (unpaired) electrons. The minimum atomic E-state index is -0.412. The topological polar surface area (TPSA) is 82.2 Å². The van der Waals surface area contributed by atoms with Gasteiger partial charge in [0.15, 0.2) is 0 Å². The molecule has 142 valence electrons. The van der Waals surface area contributed by atoms with Gasteiger partial charge in [-0.1, -0.05) is 29.8 Å². The fourth-order valence-electron chi connectivity index (χ4n) is 3.28. The van der Waals surface area contributed by atoms with Gasteiger partial charge in [-0.2, -0.15) is 0 Å².